The summed E-state index contributed by atoms with van der Waals surface area (Å²) in [4.78, 5) is 43.5. The van der Waals surface area contributed by atoms with Crippen LogP contribution >= 0.6 is 11.3 Å². The highest BCUT2D eigenvalue weighted by Gasteiger charge is 2.39. The van der Waals surface area contributed by atoms with Crippen molar-refractivity contribution in [1.82, 2.24) is 24.2 Å². The SMILES string of the molecule is CCC(CC)NC(=O)C(C)(CC)n1c(=O)c2c(C)c(-n3cccn3)sc2n(C[C@H](OC(C)CC)c2ccccc2OC)c1=O. The summed E-state index contributed by atoms with van der Waals surface area (Å²) in [5, 5.41) is 8.60. The molecule has 0 saturated carbocycles. The number of hydrogen-bond donors (Lipinski definition) is 1. The van der Waals surface area contributed by atoms with E-state index in [0.717, 1.165) is 34.4 Å². The first-order valence-corrected chi connectivity index (χ1v) is 16.3. The van der Waals surface area contributed by atoms with E-state index in [1.807, 2.05) is 78.1 Å². The van der Waals surface area contributed by atoms with Gasteiger partial charge < -0.3 is 14.8 Å². The number of hydrogen-bond acceptors (Lipinski definition) is 7. The molecule has 0 bridgehead atoms. The minimum absolute atomic E-state index is 0.0665. The minimum Gasteiger partial charge on any atom is -0.496 e. The number of thiophene rings is 1. The Bertz CT molecular complexity index is 1700. The molecule has 1 amide bonds. The zero-order valence-electron chi connectivity index (χ0n) is 27.0. The van der Waals surface area contributed by atoms with E-state index in [-0.39, 0.29) is 31.0 Å². The molecule has 4 aromatic rings. The fourth-order valence-electron chi connectivity index (χ4n) is 5.48. The van der Waals surface area contributed by atoms with Crippen molar-refractivity contribution in [1.29, 1.82) is 0 Å². The van der Waals surface area contributed by atoms with Crippen molar-refractivity contribution in [2.75, 3.05) is 7.11 Å². The van der Waals surface area contributed by atoms with Crippen LogP contribution in [0.5, 0.6) is 5.75 Å². The molecule has 238 valence electrons. The molecule has 0 spiro atoms. The van der Waals surface area contributed by atoms with Crippen molar-refractivity contribution in [2.45, 2.75) is 104 Å². The normalized spacial score (nSPS) is 14.5. The number of nitrogens with zero attached hydrogens (tertiary/aromatic N) is 4. The average molecular weight is 624 g/mol. The molecule has 44 heavy (non-hydrogen) atoms. The van der Waals surface area contributed by atoms with Crippen LogP contribution in [-0.4, -0.2) is 44.1 Å². The van der Waals surface area contributed by atoms with Crippen LogP contribution in [0.3, 0.4) is 0 Å². The smallest absolute Gasteiger partial charge is 0.333 e. The van der Waals surface area contributed by atoms with Gasteiger partial charge in [-0.25, -0.2) is 14.0 Å². The van der Waals surface area contributed by atoms with Crippen molar-refractivity contribution in [3.05, 3.63) is 74.7 Å². The van der Waals surface area contributed by atoms with E-state index < -0.39 is 22.9 Å². The predicted molar refractivity (Wildman–Crippen MR) is 175 cm³/mol. The van der Waals surface area contributed by atoms with Gasteiger partial charge in [0.25, 0.3) is 5.56 Å². The first kappa shape index (κ1) is 33.2. The first-order chi connectivity index (χ1) is 21.1. The highest BCUT2D eigenvalue weighted by molar-refractivity contribution is 7.21. The fourth-order valence-corrected chi connectivity index (χ4v) is 6.73. The van der Waals surface area contributed by atoms with E-state index >= 15 is 0 Å². The standard InChI is InChI=1S/C33H45N5O5S/c1-9-21(5)43-26(24-16-13-14-17-25(24)42-8)20-36-30-27(22(6)29(44-30)37-19-15-18-34-37)28(39)38(32(36)41)33(7,12-4)31(40)35-23(10-2)11-3/h13-19,21,23,26H,9-12,20H2,1-8H3,(H,35,40)/t21?,26-,33?/m0/s1. The van der Waals surface area contributed by atoms with Gasteiger partial charge in [-0.1, -0.05) is 57.2 Å². The molecule has 3 heterocycles. The van der Waals surface area contributed by atoms with E-state index in [1.54, 1.807) is 29.5 Å². The second-order valence-corrected chi connectivity index (χ2v) is 12.4. The molecule has 0 radical (unpaired) electrons. The molecule has 2 unspecified atom stereocenters. The van der Waals surface area contributed by atoms with Crippen LogP contribution in [0.1, 0.15) is 84.5 Å². The van der Waals surface area contributed by atoms with E-state index in [2.05, 4.69) is 10.4 Å². The lowest BCUT2D eigenvalue weighted by Gasteiger charge is -2.32. The van der Waals surface area contributed by atoms with E-state index in [1.165, 1.54) is 11.3 Å². The molecule has 3 atom stereocenters. The Balaban J connectivity index is 2.04. The van der Waals surface area contributed by atoms with E-state index in [0.29, 0.717) is 21.5 Å². The topological polar surface area (TPSA) is 109 Å². The lowest BCUT2D eigenvalue weighted by Crippen LogP contribution is -2.58. The third-order valence-corrected chi connectivity index (χ3v) is 10.0. The molecule has 4 rings (SSSR count). The summed E-state index contributed by atoms with van der Waals surface area (Å²) >= 11 is 1.32. The number of methoxy groups -OCH3 is 1. The zero-order chi connectivity index (χ0) is 32.2. The third kappa shape index (κ3) is 6.12. The maximum Gasteiger partial charge on any atom is 0.333 e. The number of rotatable bonds is 14. The van der Waals surface area contributed by atoms with Crippen LogP contribution in [0.25, 0.3) is 15.2 Å². The van der Waals surface area contributed by atoms with Gasteiger partial charge >= 0.3 is 5.69 Å². The second-order valence-electron chi connectivity index (χ2n) is 11.4. The van der Waals surface area contributed by atoms with E-state index in [9.17, 15) is 14.4 Å². The molecule has 0 aliphatic carbocycles. The summed E-state index contributed by atoms with van der Waals surface area (Å²) in [6, 6.07) is 9.33. The Morgan fingerprint density at radius 1 is 1.09 bits per heavy atom. The van der Waals surface area contributed by atoms with Crippen molar-refractivity contribution in [3.8, 4) is 10.8 Å². The Morgan fingerprint density at radius 2 is 1.80 bits per heavy atom. The number of aryl methyl sites for hydroxylation is 1. The summed E-state index contributed by atoms with van der Waals surface area (Å²) in [5.74, 6) is 0.289. The third-order valence-electron chi connectivity index (χ3n) is 8.70. The van der Waals surface area contributed by atoms with E-state index in [4.69, 9.17) is 9.47 Å². The molecule has 1 N–H and O–H groups in total. The lowest BCUT2D eigenvalue weighted by atomic mass is 9.95. The Hall–Kier alpha value is -3.70. The highest BCUT2D eigenvalue weighted by atomic mass is 32.1. The number of carbonyl (C=O) groups excluding carboxylic acids is 1. The van der Waals surface area contributed by atoms with Crippen LogP contribution in [-0.2, 0) is 21.6 Å². The zero-order valence-corrected chi connectivity index (χ0v) is 27.9. The predicted octanol–water partition coefficient (Wildman–Crippen LogP) is 5.71. The van der Waals surface area contributed by atoms with Crippen LogP contribution < -0.4 is 21.3 Å². The van der Waals surface area contributed by atoms with Gasteiger partial charge in [0.2, 0.25) is 5.91 Å². The first-order valence-electron chi connectivity index (χ1n) is 15.4. The monoisotopic (exact) mass is 623 g/mol. The summed E-state index contributed by atoms with van der Waals surface area (Å²) in [6.45, 7) is 13.5. The molecule has 0 aliphatic heterocycles. The van der Waals surface area contributed by atoms with Crippen LogP contribution in [0, 0.1) is 6.92 Å². The number of para-hydroxylation sites is 1. The molecule has 0 aliphatic rings. The molecule has 0 fully saturated rings. The fraction of sp³-hybridized carbons (Fsp3) is 0.515. The Morgan fingerprint density at radius 3 is 2.39 bits per heavy atom. The molecular weight excluding hydrogens is 578 g/mol. The van der Waals surface area contributed by atoms with Gasteiger partial charge in [-0.2, -0.15) is 5.10 Å². The van der Waals surface area contributed by atoms with Gasteiger partial charge in [-0.05, 0) is 58.6 Å². The largest absolute Gasteiger partial charge is 0.496 e. The minimum atomic E-state index is -1.43. The van der Waals surface area contributed by atoms with Crippen LogP contribution in [0.4, 0.5) is 0 Å². The highest BCUT2D eigenvalue weighted by Crippen LogP contribution is 2.35. The average Bonchev–Trinajstić information content (AvgIpc) is 3.69. The number of ether oxygens (including phenoxy) is 2. The van der Waals surface area contributed by atoms with Crippen LogP contribution in [0.15, 0.2) is 52.3 Å². The van der Waals surface area contributed by atoms with Gasteiger partial charge in [0, 0.05) is 29.6 Å². The number of carbonyl (C=O) groups is 1. The van der Waals surface area contributed by atoms with Crippen molar-refractivity contribution in [3.63, 3.8) is 0 Å². The lowest BCUT2D eigenvalue weighted by molar-refractivity contribution is -0.130. The second kappa shape index (κ2) is 13.9. The summed E-state index contributed by atoms with van der Waals surface area (Å²) in [5.41, 5.74) is -0.999. The van der Waals surface area contributed by atoms with Crippen LogP contribution in [0.2, 0.25) is 0 Å². The Kier molecular flexibility index (Phi) is 10.5. The molecular formula is C33H45N5O5S. The van der Waals surface area contributed by atoms with Gasteiger partial charge in [0.1, 0.15) is 27.2 Å². The van der Waals surface area contributed by atoms with Crippen molar-refractivity contribution < 1.29 is 14.3 Å². The Labute approximate surface area is 262 Å². The quantitative estimate of drug-likeness (QED) is 0.193. The van der Waals surface area contributed by atoms with Gasteiger partial charge in [0.15, 0.2) is 0 Å². The van der Waals surface area contributed by atoms with Crippen molar-refractivity contribution >= 4 is 27.5 Å². The molecule has 0 saturated heterocycles. The molecule has 1 aromatic carbocycles. The summed E-state index contributed by atoms with van der Waals surface area (Å²) < 4.78 is 16.7. The van der Waals surface area contributed by atoms with Gasteiger partial charge in [-0.3, -0.25) is 14.2 Å². The number of amides is 1. The number of aromatic nitrogens is 4. The summed E-state index contributed by atoms with van der Waals surface area (Å²) in [7, 11) is 1.61. The molecule has 3 aromatic heterocycles. The van der Waals surface area contributed by atoms with Crippen molar-refractivity contribution in [2.24, 2.45) is 0 Å². The maximum absolute atomic E-state index is 14.7. The summed E-state index contributed by atoms with van der Waals surface area (Å²) in [6.07, 6.45) is 5.28. The number of fused-ring (bicyclic) bond motifs is 1. The number of nitrogens with one attached hydrogen (secondary N) is 1. The maximum atomic E-state index is 14.7. The molecule has 11 heteroatoms. The van der Waals surface area contributed by atoms with Gasteiger partial charge in [-0.15, -0.1) is 0 Å². The number of benzene rings is 1. The van der Waals surface area contributed by atoms with Gasteiger partial charge in [0.05, 0.1) is 25.1 Å². The molecule has 10 nitrogen and oxygen atoms in total.